The molecule has 7 heteroatoms. The zero-order chi connectivity index (χ0) is 21.7. The molecule has 0 unspecified atom stereocenters. The lowest BCUT2D eigenvalue weighted by Crippen LogP contribution is -2.38. The second kappa shape index (κ2) is 9.43. The molecule has 1 heterocycles. The minimum Gasteiger partial charge on any atom is -0.482 e. The number of hydrogen-bond acceptors (Lipinski definition) is 5. The van der Waals surface area contributed by atoms with E-state index in [0.29, 0.717) is 22.7 Å². The standard InChI is InChI=1S/C23H26N2O5/c1-4-16(5-2)22(27)24-18-9-10-20-19(12-18)25(21(26)14-30-20)13-15-7-6-8-17(11-15)23(28)29-3/h6-12,16H,4-5,13-14H2,1-3H3,(H,24,27). The molecule has 0 radical (unpaired) electrons. The van der Waals surface area contributed by atoms with E-state index in [2.05, 4.69) is 5.32 Å². The highest BCUT2D eigenvalue weighted by Crippen LogP contribution is 2.35. The van der Waals surface area contributed by atoms with Gasteiger partial charge in [0, 0.05) is 11.6 Å². The van der Waals surface area contributed by atoms with Gasteiger partial charge in [0.15, 0.2) is 6.61 Å². The minimum atomic E-state index is -0.433. The number of anilines is 2. The first-order valence-electron chi connectivity index (χ1n) is 10.0. The molecule has 0 saturated carbocycles. The van der Waals surface area contributed by atoms with Crippen LogP contribution >= 0.6 is 0 Å². The van der Waals surface area contributed by atoms with E-state index >= 15 is 0 Å². The predicted octanol–water partition coefficient (Wildman–Crippen LogP) is 3.77. The molecule has 1 N–H and O–H groups in total. The molecule has 0 fully saturated rings. The lowest BCUT2D eigenvalue weighted by Gasteiger charge is -2.30. The number of amides is 2. The summed E-state index contributed by atoms with van der Waals surface area (Å²) in [5, 5.41) is 2.93. The van der Waals surface area contributed by atoms with E-state index in [1.165, 1.54) is 7.11 Å². The molecule has 0 bridgehead atoms. The van der Waals surface area contributed by atoms with Crippen LogP contribution in [0.1, 0.15) is 42.6 Å². The maximum Gasteiger partial charge on any atom is 0.337 e. The van der Waals surface area contributed by atoms with Gasteiger partial charge in [0.1, 0.15) is 5.75 Å². The fourth-order valence-electron chi connectivity index (χ4n) is 3.45. The monoisotopic (exact) mass is 410 g/mol. The number of rotatable bonds is 7. The van der Waals surface area contributed by atoms with Gasteiger partial charge in [0.2, 0.25) is 5.91 Å². The highest BCUT2D eigenvalue weighted by molar-refractivity contribution is 6.00. The molecule has 0 spiro atoms. The smallest absolute Gasteiger partial charge is 0.337 e. The van der Waals surface area contributed by atoms with Crippen LogP contribution in [0.4, 0.5) is 11.4 Å². The molecule has 7 nitrogen and oxygen atoms in total. The molecule has 0 aromatic heterocycles. The molecule has 2 aromatic carbocycles. The Labute approximate surface area is 176 Å². The highest BCUT2D eigenvalue weighted by Gasteiger charge is 2.27. The fourth-order valence-corrected chi connectivity index (χ4v) is 3.45. The van der Waals surface area contributed by atoms with Crippen molar-refractivity contribution < 1.29 is 23.9 Å². The summed E-state index contributed by atoms with van der Waals surface area (Å²) >= 11 is 0. The molecule has 158 valence electrons. The van der Waals surface area contributed by atoms with Gasteiger partial charge in [-0.3, -0.25) is 9.59 Å². The zero-order valence-corrected chi connectivity index (χ0v) is 17.4. The molecule has 0 saturated heterocycles. The third kappa shape index (κ3) is 4.62. The lowest BCUT2D eigenvalue weighted by molar-refractivity contribution is -0.121. The molecule has 1 aliphatic heterocycles. The van der Waals surface area contributed by atoms with Crippen LogP contribution in [-0.2, 0) is 20.9 Å². The molecular formula is C23H26N2O5. The van der Waals surface area contributed by atoms with Crippen LogP contribution in [0.2, 0.25) is 0 Å². The average molecular weight is 410 g/mol. The summed E-state index contributed by atoms with van der Waals surface area (Å²) in [6, 6.07) is 12.2. The molecule has 0 atom stereocenters. The molecule has 2 aromatic rings. The van der Waals surface area contributed by atoms with Crippen molar-refractivity contribution in [1.82, 2.24) is 0 Å². The minimum absolute atomic E-state index is 0.0414. The van der Waals surface area contributed by atoms with Gasteiger partial charge in [-0.25, -0.2) is 4.79 Å². The van der Waals surface area contributed by atoms with Crippen molar-refractivity contribution in [2.24, 2.45) is 5.92 Å². The summed E-state index contributed by atoms with van der Waals surface area (Å²) in [6.45, 7) is 4.17. The van der Waals surface area contributed by atoms with Gasteiger partial charge in [-0.2, -0.15) is 0 Å². The first-order valence-corrected chi connectivity index (χ1v) is 10.0. The van der Waals surface area contributed by atoms with E-state index < -0.39 is 5.97 Å². The molecular weight excluding hydrogens is 384 g/mol. The van der Waals surface area contributed by atoms with Crippen molar-refractivity contribution in [3.05, 3.63) is 53.6 Å². The number of nitrogens with one attached hydrogen (secondary N) is 1. The van der Waals surface area contributed by atoms with Gasteiger partial charge >= 0.3 is 5.97 Å². The Morgan fingerprint density at radius 3 is 2.63 bits per heavy atom. The number of nitrogens with zero attached hydrogens (tertiary/aromatic N) is 1. The van der Waals surface area contributed by atoms with Crippen molar-refractivity contribution >= 4 is 29.2 Å². The van der Waals surface area contributed by atoms with E-state index in [1.807, 2.05) is 19.9 Å². The molecule has 30 heavy (non-hydrogen) atoms. The van der Waals surface area contributed by atoms with E-state index in [0.717, 1.165) is 18.4 Å². The molecule has 2 amide bonds. The lowest BCUT2D eigenvalue weighted by atomic mass is 10.0. The number of methoxy groups -OCH3 is 1. The Hall–Kier alpha value is -3.35. The Kier molecular flexibility index (Phi) is 6.72. The van der Waals surface area contributed by atoms with Gasteiger partial charge in [0.05, 0.1) is 24.9 Å². The van der Waals surface area contributed by atoms with E-state index in [9.17, 15) is 14.4 Å². The molecule has 1 aliphatic rings. The number of carbonyl (C=O) groups excluding carboxylic acids is 3. The third-order valence-corrected chi connectivity index (χ3v) is 5.21. The second-order valence-electron chi connectivity index (χ2n) is 7.15. The first kappa shape index (κ1) is 21.4. The highest BCUT2D eigenvalue weighted by atomic mass is 16.5. The number of ether oxygens (including phenoxy) is 2. The quantitative estimate of drug-likeness (QED) is 0.703. The maximum atomic E-state index is 12.6. The van der Waals surface area contributed by atoms with Gasteiger partial charge in [-0.1, -0.05) is 26.0 Å². The van der Waals surface area contributed by atoms with Gasteiger partial charge in [-0.15, -0.1) is 0 Å². The number of esters is 1. The van der Waals surface area contributed by atoms with Crippen molar-refractivity contribution in [3.63, 3.8) is 0 Å². The van der Waals surface area contributed by atoms with Crippen LogP contribution in [-0.4, -0.2) is 31.5 Å². The van der Waals surface area contributed by atoms with Crippen LogP contribution in [0.15, 0.2) is 42.5 Å². The summed E-state index contributed by atoms with van der Waals surface area (Å²) in [4.78, 5) is 38.4. The van der Waals surface area contributed by atoms with Gasteiger partial charge in [0.25, 0.3) is 5.91 Å². The third-order valence-electron chi connectivity index (χ3n) is 5.21. The van der Waals surface area contributed by atoms with Crippen molar-refractivity contribution in [2.75, 3.05) is 23.9 Å². The van der Waals surface area contributed by atoms with Crippen LogP contribution < -0.4 is 15.0 Å². The van der Waals surface area contributed by atoms with Crippen LogP contribution in [0.3, 0.4) is 0 Å². The number of benzene rings is 2. The summed E-state index contributed by atoms with van der Waals surface area (Å²) in [6.07, 6.45) is 1.52. The van der Waals surface area contributed by atoms with Crippen molar-refractivity contribution in [3.8, 4) is 5.75 Å². The summed E-state index contributed by atoms with van der Waals surface area (Å²) in [7, 11) is 1.33. The van der Waals surface area contributed by atoms with Gasteiger partial charge in [-0.05, 0) is 48.7 Å². The summed E-state index contributed by atoms with van der Waals surface area (Å²) in [5.74, 6) is -0.165. The Morgan fingerprint density at radius 1 is 1.17 bits per heavy atom. The number of hydrogen-bond donors (Lipinski definition) is 1. The zero-order valence-electron chi connectivity index (χ0n) is 17.4. The van der Waals surface area contributed by atoms with Crippen molar-refractivity contribution in [1.29, 1.82) is 0 Å². The van der Waals surface area contributed by atoms with E-state index in [-0.39, 0.29) is 30.9 Å². The Morgan fingerprint density at radius 2 is 1.93 bits per heavy atom. The summed E-state index contributed by atoms with van der Waals surface area (Å²) in [5.41, 5.74) is 2.39. The summed E-state index contributed by atoms with van der Waals surface area (Å²) < 4.78 is 10.3. The van der Waals surface area contributed by atoms with Crippen LogP contribution in [0.25, 0.3) is 0 Å². The largest absolute Gasteiger partial charge is 0.482 e. The van der Waals surface area contributed by atoms with Gasteiger partial charge < -0.3 is 19.7 Å². The van der Waals surface area contributed by atoms with E-state index in [4.69, 9.17) is 9.47 Å². The number of fused-ring (bicyclic) bond motifs is 1. The molecule has 3 rings (SSSR count). The van der Waals surface area contributed by atoms with Crippen molar-refractivity contribution in [2.45, 2.75) is 33.2 Å². The Balaban J connectivity index is 1.87. The van der Waals surface area contributed by atoms with E-state index in [1.54, 1.807) is 41.3 Å². The Bertz CT molecular complexity index is 952. The average Bonchev–Trinajstić information content (AvgIpc) is 2.76. The predicted molar refractivity (Wildman–Crippen MR) is 114 cm³/mol. The second-order valence-corrected chi connectivity index (χ2v) is 7.15. The topological polar surface area (TPSA) is 84.9 Å². The normalized spacial score (nSPS) is 12.9. The van der Waals surface area contributed by atoms with Crippen LogP contribution in [0.5, 0.6) is 5.75 Å². The SMILES string of the molecule is CCC(CC)C(=O)Nc1ccc2c(c1)N(Cc1cccc(C(=O)OC)c1)C(=O)CO2. The van der Waals surface area contributed by atoms with Crippen LogP contribution in [0, 0.1) is 5.92 Å². The fraction of sp³-hybridized carbons (Fsp3) is 0.348. The molecule has 0 aliphatic carbocycles. The first-order chi connectivity index (χ1) is 14.5. The maximum absolute atomic E-state index is 12.6. The number of carbonyl (C=O) groups is 3.